The number of benzene rings is 1. The molecule has 0 unspecified atom stereocenters. The van der Waals surface area contributed by atoms with Gasteiger partial charge in [-0.1, -0.05) is 36.9 Å². The number of hydrogen-bond donors (Lipinski definition) is 1. The first-order valence-corrected chi connectivity index (χ1v) is 6.27. The maximum absolute atomic E-state index is 13.7. The molecule has 1 fully saturated rings. The van der Waals surface area contributed by atoms with Gasteiger partial charge in [-0.15, -0.1) is 0 Å². The first kappa shape index (κ1) is 11.9. The Balaban J connectivity index is 2.15. The zero-order valence-electron chi connectivity index (χ0n) is 9.26. The topological polar surface area (TPSA) is 26.0 Å². The lowest BCUT2D eigenvalue weighted by atomic mass is 9.81. The molecule has 0 aliphatic heterocycles. The van der Waals surface area contributed by atoms with Crippen LogP contribution in [-0.2, 0) is 0 Å². The number of rotatable bonds is 2. The average Bonchev–Trinajstić information content (AvgIpc) is 2.29. The van der Waals surface area contributed by atoms with E-state index >= 15 is 0 Å². The van der Waals surface area contributed by atoms with Crippen LogP contribution in [0.1, 0.15) is 43.7 Å². The normalized spacial score (nSPS) is 19.7. The van der Waals surface area contributed by atoms with Crippen molar-refractivity contribution >= 4 is 11.6 Å². The summed E-state index contributed by atoms with van der Waals surface area (Å²) >= 11 is 5.73. The zero-order valence-corrected chi connectivity index (χ0v) is 10.0. The van der Waals surface area contributed by atoms with Crippen molar-refractivity contribution in [3.8, 4) is 0 Å². The fourth-order valence-electron chi connectivity index (χ4n) is 2.52. The molecule has 1 atom stereocenters. The Bertz CT molecular complexity index is 361. The number of nitrogens with two attached hydrogens (primary N) is 1. The zero-order chi connectivity index (χ0) is 11.5. The smallest absolute Gasteiger partial charge is 0.129 e. The van der Waals surface area contributed by atoms with Crippen LogP contribution in [0.2, 0.25) is 5.02 Å². The summed E-state index contributed by atoms with van der Waals surface area (Å²) in [6, 6.07) is 4.59. The van der Waals surface area contributed by atoms with Crippen LogP contribution in [-0.4, -0.2) is 0 Å². The Morgan fingerprint density at radius 3 is 2.56 bits per heavy atom. The monoisotopic (exact) mass is 241 g/mol. The summed E-state index contributed by atoms with van der Waals surface area (Å²) in [6.45, 7) is 0. The predicted octanol–water partition coefficient (Wildman–Crippen LogP) is 4.06. The van der Waals surface area contributed by atoms with E-state index in [0.717, 1.165) is 12.8 Å². The molecule has 0 spiro atoms. The Morgan fingerprint density at radius 2 is 1.94 bits per heavy atom. The molecule has 1 saturated carbocycles. The first-order valence-electron chi connectivity index (χ1n) is 5.89. The molecule has 0 saturated heterocycles. The maximum Gasteiger partial charge on any atom is 0.129 e. The molecule has 1 aromatic rings. The largest absolute Gasteiger partial charge is 0.324 e. The molecule has 88 valence electrons. The van der Waals surface area contributed by atoms with Gasteiger partial charge < -0.3 is 5.73 Å². The molecule has 0 aromatic heterocycles. The molecule has 0 radical (unpaired) electrons. The first-order chi connectivity index (χ1) is 7.68. The minimum absolute atomic E-state index is 0.183. The molecule has 0 heterocycles. The third-order valence-corrected chi connectivity index (χ3v) is 3.71. The van der Waals surface area contributed by atoms with Crippen molar-refractivity contribution in [3.63, 3.8) is 0 Å². The van der Waals surface area contributed by atoms with Gasteiger partial charge in [0, 0.05) is 16.6 Å². The van der Waals surface area contributed by atoms with Crippen LogP contribution in [0.3, 0.4) is 0 Å². The second kappa shape index (κ2) is 5.15. The van der Waals surface area contributed by atoms with Crippen LogP contribution >= 0.6 is 11.6 Å². The molecule has 2 rings (SSSR count). The highest BCUT2D eigenvalue weighted by molar-refractivity contribution is 6.30. The fraction of sp³-hybridized carbons (Fsp3) is 0.538. The van der Waals surface area contributed by atoms with E-state index in [2.05, 4.69) is 0 Å². The highest BCUT2D eigenvalue weighted by atomic mass is 35.5. The van der Waals surface area contributed by atoms with Gasteiger partial charge in [0.05, 0.1) is 0 Å². The van der Waals surface area contributed by atoms with Gasteiger partial charge in [-0.2, -0.15) is 0 Å². The van der Waals surface area contributed by atoms with Crippen LogP contribution in [0.4, 0.5) is 4.39 Å². The fourth-order valence-corrected chi connectivity index (χ4v) is 2.68. The van der Waals surface area contributed by atoms with Gasteiger partial charge in [0.15, 0.2) is 0 Å². The van der Waals surface area contributed by atoms with Crippen molar-refractivity contribution in [2.75, 3.05) is 0 Å². The van der Waals surface area contributed by atoms with Crippen LogP contribution in [0.15, 0.2) is 18.2 Å². The van der Waals surface area contributed by atoms with E-state index in [1.54, 1.807) is 12.1 Å². The van der Waals surface area contributed by atoms with Gasteiger partial charge in [0.1, 0.15) is 5.82 Å². The van der Waals surface area contributed by atoms with E-state index in [1.165, 1.54) is 25.3 Å². The van der Waals surface area contributed by atoms with E-state index in [9.17, 15) is 4.39 Å². The second-order valence-electron chi connectivity index (χ2n) is 4.59. The summed E-state index contributed by atoms with van der Waals surface area (Å²) < 4.78 is 13.7. The summed E-state index contributed by atoms with van der Waals surface area (Å²) in [5.41, 5.74) is 6.75. The number of halogens is 2. The van der Waals surface area contributed by atoms with Crippen LogP contribution in [0, 0.1) is 11.7 Å². The molecule has 1 aliphatic carbocycles. The standard InChI is InChI=1S/C13H17ClFN/c14-10-6-7-11(12(15)8-10)13(16)9-4-2-1-3-5-9/h6-9,13H,1-5,16H2/t13-/m1/s1. The third-order valence-electron chi connectivity index (χ3n) is 3.48. The molecule has 1 aromatic carbocycles. The summed E-state index contributed by atoms with van der Waals surface area (Å²) in [7, 11) is 0. The lowest BCUT2D eigenvalue weighted by molar-refractivity contribution is 0.303. The summed E-state index contributed by atoms with van der Waals surface area (Å²) in [6.07, 6.45) is 5.94. The summed E-state index contributed by atoms with van der Waals surface area (Å²) in [4.78, 5) is 0. The highest BCUT2D eigenvalue weighted by Gasteiger charge is 2.23. The van der Waals surface area contributed by atoms with Crippen molar-refractivity contribution < 1.29 is 4.39 Å². The van der Waals surface area contributed by atoms with Gasteiger partial charge in [-0.3, -0.25) is 0 Å². The molecule has 1 aliphatic rings. The van der Waals surface area contributed by atoms with Crippen LogP contribution in [0.25, 0.3) is 0 Å². The van der Waals surface area contributed by atoms with Crippen molar-refractivity contribution in [3.05, 3.63) is 34.6 Å². The lowest BCUT2D eigenvalue weighted by Gasteiger charge is -2.28. The van der Waals surface area contributed by atoms with Crippen molar-refractivity contribution in [2.24, 2.45) is 11.7 Å². The van der Waals surface area contributed by atoms with Crippen molar-refractivity contribution in [1.82, 2.24) is 0 Å². The highest BCUT2D eigenvalue weighted by Crippen LogP contribution is 2.34. The van der Waals surface area contributed by atoms with E-state index in [0.29, 0.717) is 16.5 Å². The van der Waals surface area contributed by atoms with Crippen LogP contribution in [0.5, 0.6) is 0 Å². The van der Waals surface area contributed by atoms with E-state index < -0.39 is 0 Å². The predicted molar refractivity (Wildman–Crippen MR) is 64.9 cm³/mol. The van der Waals surface area contributed by atoms with Crippen molar-refractivity contribution in [2.45, 2.75) is 38.1 Å². The second-order valence-corrected chi connectivity index (χ2v) is 5.03. The summed E-state index contributed by atoms with van der Waals surface area (Å²) in [5.74, 6) is 0.148. The SMILES string of the molecule is N[C@@H](c1ccc(Cl)cc1F)C1CCCCC1. The Morgan fingerprint density at radius 1 is 1.25 bits per heavy atom. The van der Waals surface area contributed by atoms with Crippen LogP contribution < -0.4 is 5.73 Å². The molecule has 2 N–H and O–H groups in total. The van der Waals surface area contributed by atoms with Crippen molar-refractivity contribution in [1.29, 1.82) is 0 Å². The number of hydrogen-bond acceptors (Lipinski definition) is 1. The Kier molecular flexibility index (Phi) is 3.82. The minimum atomic E-state index is -0.273. The third kappa shape index (κ3) is 2.55. The van der Waals surface area contributed by atoms with Gasteiger partial charge in [0.25, 0.3) is 0 Å². The lowest BCUT2D eigenvalue weighted by Crippen LogP contribution is -2.24. The Labute approximate surface area is 101 Å². The summed E-state index contributed by atoms with van der Waals surface area (Å²) in [5, 5.41) is 0.428. The van der Waals surface area contributed by atoms with E-state index in [4.69, 9.17) is 17.3 Å². The molecular weight excluding hydrogens is 225 g/mol. The Hall–Kier alpha value is -0.600. The molecule has 0 bridgehead atoms. The van der Waals surface area contributed by atoms with E-state index in [-0.39, 0.29) is 11.9 Å². The molecule has 16 heavy (non-hydrogen) atoms. The van der Waals surface area contributed by atoms with Gasteiger partial charge in [-0.25, -0.2) is 4.39 Å². The van der Waals surface area contributed by atoms with Gasteiger partial charge in [0.2, 0.25) is 0 Å². The molecule has 1 nitrogen and oxygen atoms in total. The molecular formula is C13H17ClFN. The van der Waals surface area contributed by atoms with Gasteiger partial charge in [-0.05, 0) is 30.9 Å². The van der Waals surface area contributed by atoms with Gasteiger partial charge >= 0.3 is 0 Å². The maximum atomic E-state index is 13.7. The quantitative estimate of drug-likeness (QED) is 0.830. The van der Waals surface area contributed by atoms with E-state index in [1.807, 2.05) is 0 Å². The molecule has 0 amide bonds. The molecule has 3 heteroatoms. The minimum Gasteiger partial charge on any atom is -0.324 e. The average molecular weight is 242 g/mol.